The first-order valence-corrected chi connectivity index (χ1v) is 10.8. The molecule has 2 aliphatic rings. The molecular weight excluding hydrogens is 362 g/mol. The molecule has 1 aromatic carbocycles. The van der Waals surface area contributed by atoms with Gasteiger partial charge in [0.1, 0.15) is 5.82 Å². The van der Waals surface area contributed by atoms with Gasteiger partial charge in [0.05, 0.1) is 5.56 Å². The summed E-state index contributed by atoms with van der Waals surface area (Å²) >= 11 is 0. The smallest absolute Gasteiger partial charge is 0.255 e. The monoisotopic (exact) mass is 393 g/mol. The molecule has 29 heavy (non-hydrogen) atoms. The average Bonchev–Trinajstić information content (AvgIpc) is 3.31. The summed E-state index contributed by atoms with van der Waals surface area (Å²) in [6, 6.07) is 14.4. The largest absolute Gasteiger partial charge is 0.353 e. The summed E-state index contributed by atoms with van der Waals surface area (Å²) in [6.07, 6.45) is 5.38. The van der Waals surface area contributed by atoms with E-state index in [2.05, 4.69) is 49.7 Å². The van der Waals surface area contributed by atoms with Crippen molar-refractivity contribution >= 4 is 11.7 Å². The number of carbonyl (C=O) groups is 1. The van der Waals surface area contributed by atoms with Crippen molar-refractivity contribution in [1.29, 1.82) is 0 Å². The Balaban J connectivity index is 1.37. The van der Waals surface area contributed by atoms with Gasteiger partial charge in [0, 0.05) is 38.4 Å². The van der Waals surface area contributed by atoms with Crippen molar-refractivity contribution < 1.29 is 4.79 Å². The molecule has 2 aromatic rings. The molecule has 1 amide bonds. The minimum absolute atomic E-state index is 0.0238. The highest BCUT2D eigenvalue weighted by atomic mass is 16.1. The van der Waals surface area contributed by atoms with Crippen molar-refractivity contribution in [3.8, 4) is 0 Å². The summed E-state index contributed by atoms with van der Waals surface area (Å²) < 4.78 is 0. The fraction of sp³-hybridized carbons (Fsp3) is 0.478. The molecule has 1 atom stereocenters. The average molecular weight is 394 g/mol. The van der Waals surface area contributed by atoms with Gasteiger partial charge in [-0.05, 0) is 56.6 Å². The molecule has 6 nitrogen and oxygen atoms in total. The maximum atomic E-state index is 12.8. The molecule has 3 heterocycles. The van der Waals surface area contributed by atoms with Crippen molar-refractivity contribution in [1.82, 2.24) is 20.5 Å². The maximum Gasteiger partial charge on any atom is 0.255 e. The molecule has 2 saturated heterocycles. The van der Waals surface area contributed by atoms with Gasteiger partial charge >= 0.3 is 0 Å². The lowest BCUT2D eigenvalue weighted by atomic mass is 10.0. The number of nitrogens with zero attached hydrogens (tertiary/aromatic N) is 3. The van der Waals surface area contributed by atoms with Gasteiger partial charge in [0.2, 0.25) is 0 Å². The van der Waals surface area contributed by atoms with Crippen molar-refractivity contribution in [2.24, 2.45) is 0 Å². The molecule has 1 aromatic heterocycles. The fourth-order valence-electron chi connectivity index (χ4n) is 4.28. The highest BCUT2D eigenvalue weighted by Gasteiger charge is 2.25. The van der Waals surface area contributed by atoms with Gasteiger partial charge in [-0.3, -0.25) is 4.79 Å². The molecule has 0 aliphatic carbocycles. The van der Waals surface area contributed by atoms with Gasteiger partial charge in [-0.1, -0.05) is 30.3 Å². The highest BCUT2D eigenvalue weighted by Crippen LogP contribution is 2.23. The van der Waals surface area contributed by atoms with Crippen molar-refractivity contribution in [3.63, 3.8) is 0 Å². The SMILES string of the molecule is O=C(NCCCN1CCCC1)c1cccnc1N1CCNC(c2ccccc2)C1. The number of aromatic nitrogens is 1. The quantitative estimate of drug-likeness (QED) is 0.708. The lowest BCUT2D eigenvalue weighted by Gasteiger charge is -2.35. The number of hydrogen-bond acceptors (Lipinski definition) is 5. The van der Waals surface area contributed by atoms with Gasteiger partial charge < -0.3 is 20.4 Å². The van der Waals surface area contributed by atoms with Crippen LogP contribution in [0.1, 0.15) is 41.2 Å². The third-order valence-corrected chi connectivity index (χ3v) is 5.84. The van der Waals surface area contributed by atoms with E-state index in [1.165, 1.54) is 31.5 Å². The van der Waals surface area contributed by atoms with E-state index < -0.39 is 0 Å². The Bertz CT molecular complexity index is 791. The second-order valence-electron chi connectivity index (χ2n) is 7.90. The zero-order valence-corrected chi connectivity index (χ0v) is 17.0. The van der Waals surface area contributed by atoms with E-state index in [1.54, 1.807) is 6.20 Å². The Morgan fingerprint density at radius 2 is 1.93 bits per heavy atom. The van der Waals surface area contributed by atoms with E-state index in [1.807, 2.05) is 18.2 Å². The number of hydrogen-bond donors (Lipinski definition) is 2. The highest BCUT2D eigenvalue weighted by molar-refractivity contribution is 5.98. The van der Waals surface area contributed by atoms with Gasteiger partial charge in [-0.15, -0.1) is 0 Å². The number of rotatable bonds is 7. The first-order valence-electron chi connectivity index (χ1n) is 10.8. The molecule has 0 spiro atoms. The van der Waals surface area contributed by atoms with Crippen LogP contribution in [0.4, 0.5) is 5.82 Å². The molecule has 4 rings (SSSR count). The first kappa shape index (κ1) is 19.9. The summed E-state index contributed by atoms with van der Waals surface area (Å²) in [5.41, 5.74) is 1.93. The van der Waals surface area contributed by atoms with Crippen LogP contribution in [0.15, 0.2) is 48.7 Å². The summed E-state index contributed by atoms with van der Waals surface area (Å²) in [6.45, 7) is 6.69. The number of pyridine rings is 1. The van der Waals surface area contributed by atoms with Crippen LogP contribution in [-0.4, -0.2) is 61.6 Å². The van der Waals surface area contributed by atoms with E-state index in [4.69, 9.17) is 0 Å². The molecule has 0 bridgehead atoms. The Kier molecular flexibility index (Phi) is 6.75. The minimum atomic E-state index is -0.0238. The van der Waals surface area contributed by atoms with E-state index in [0.29, 0.717) is 12.1 Å². The minimum Gasteiger partial charge on any atom is -0.353 e. The fourth-order valence-corrected chi connectivity index (χ4v) is 4.28. The standard InChI is InChI=1S/C23H31N5O/c29-23(26-12-7-16-27-14-4-5-15-27)20-10-6-11-25-22(20)28-17-13-24-21(18-28)19-8-2-1-3-9-19/h1-3,6,8-11,21,24H,4-5,7,12-18H2,(H,26,29). The van der Waals surface area contributed by atoms with E-state index >= 15 is 0 Å². The topological polar surface area (TPSA) is 60.5 Å². The van der Waals surface area contributed by atoms with Gasteiger partial charge in [0.15, 0.2) is 0 Å². The molecule has 6 heteroatoms. The molecule has 2 aliphatic heterocycles. The number of benzene rings is 1. The Hall–Kier alpha value is -2.44. The van der Waals surface area contributed by atoms with E-state index in [-0.39, 0.29) is 11.9 Å². The summed E-state index contributed by atoms with van der Waals surface area (Å²) in [5.74, 6) is 0.760. The number of nitrogens with one attached hydrogen (secondary N) is 2. The Morgan fingerprint density at radius 1 is 1.10 bits per heavy atom. The van der Waals surface area contributed by atoms with Crippen LogP contribution in [-0.2, 0) is 0 Å². The predicted molar refractivity (Wildman–Crippen MR) is 116 cm³/mol. The third-order valence-electron chi connectivity index (χ3n) is 5.84. The molecule has 0 radical (unpaired) electrons. The van der Waals surface area contributed by atoms with Crippen LogP contribution in [0.25, 0.3) is 0 Å². The lowest BCUT2D eigenvalue weighted by Crippen LogP contribution is -2.47. The number of piperazine rings is 1. The maximum absolute atomic E-state index is 12.8. The molecule has 1 unspecified atom stereocenters. The Morgan fingerprint density at radius 3 is 2.76 bits per heavy atom. The van der Waals surface area contributed by atoms with E-state index in [0.717, 1.165) is 38.4 Å². The van der Waals surface area contributed by atoms with Crippen LogP contribution in [0, 0.1) is 0 Å². The van der Waals surface area contributed by atoms with Crippen molar-refractivity contribution in [2.75, 3.05) is 50.7 Å². The second kappa shape index (κ2) is 9.85. The second-order valence-corrected chi connectivity index (χ2v) is 7.90. The van der Waals surface area contributed by atoms with Gasteiger partial charge in [0.25, 0.3) is 5.91 Å². The molecule has 0 saturated carbocycles. The van der Waals surface area contributed by atoms with Crippen LogP contribution in [0.2, 0.25) is 0 Å². The molecule has 154 valence electrons. The third kappa shape index (κ3) is 5.14. The van der Waals surface area contributed by atoms with Crippen molar-refractivity contribution in [2.45, 2.75) is 25.3 Å². The normalized spacial score (nSPS) is 20.0. The van der Waals surface area contributed by atoms with E-state index in [9.17, 15) is 4.79 Å². The number of carbonyl (C=O) groups excluding carboxylic acids is 1. The Labute approximate surface area is 173 Å². The summed E-state index contributed by atoms with van der Waals surface area (Å²) in [7, 11) is 0. The number of anilines is 1. The summed E-state index contributed by atoms with van der Waals surface area (Å²) in [4.78, 5) is 22.1. The number of amides is 1. The van der Waals surface area contributed by atoms with Crippen LogP contribution >= 0.6 is 0 Å². The summed E-state index contributed by atoms with van der Waals surface area (Å²) in [5, 5.41) is 6.68. The first-order chi connectivity index (χ1) is 14.3. The molecular formula is C23H31N5O. The predicted octanol–water partition coefficient (Wildman–Crippen LogP) is 2.45. The zero-order valence-electron chi connectivity index (χ0n) is 17.0. The van der Waals surface area contributed by atoms with Crippen LogP contribution in [0.3, 0.4) is 0 Å². The van der Waals surface area contributed by atoms with Crippen LogP contribution < -0.4 is 15.5 Å². The number of likely N-dealkylation sites (tertiary alicyclic amines) is 1. The molecule has 2 fully saturated rings. The molecule has 2 N–H and O–H groups in total. The van der Waals surface area contributed by atoms with Gasteiger partial charge in [-0.2, -0.15) is 0 Å². The lowest BCUT2D eigenvalue weighted by molar-refractivity contribution is 0.0952. The van der Waals surface area contributed by atoms with Crippen molar-refractivity contribution in [3.05, 3.63) is 59.8 Å². The van der Waals surface area contributed by atoms with Crippen LogP contribution in [0.5, 0.6) is 0 Å². The van der Waals surface area contributed by atoms with Gasteiger partial charge in [-0.25, -0.2) is 4.98 Å². The zero-order chi connectivity index (χ0) is 19.9.